The van der Waals surface area contributed by atoms with Crippen LogP contribution in [0.25, 0.3) is 10.8 Å². The molecule has 2 aliphatic heterocycles. The summed E-state index contributed by atoms with van der Waals surface area (Å²) in [7, 11) is -2.87. The second-order valence-electron chi connectivity index (χ2n) is 14.6. The number of hydrogen-bond donors (Lipinski definition) is 4. The van der Waals surface area contributed by atoms with Crippen molar-refractivity contribution < 1.29 is 46.6 Å². The third kappa shape index (κ3) is 7.36. The van der Waals surface area contributed by atoms with Crippen molar-refractivity contribution >= 4 is 56.2 Å². The number of amides is 4. The number of benzene rings is 1. The molecular formula is C35H43ClFN5O9S. The van der Waals surface area contributed by atoms with Crippen molar-refractivity contribution in [3.05, 3.63) is 41.6 Å². The molecule has 2 aromatic rings. The number of alkyl halides is 1. The fourth-order valence-electron chi connectivity index (χ4n) is 7.43. The van der Waals surface area contributed by atoms with Crippen LogP contribution in [0.3, 0.4) is 0 Å². The zero-order chi connectivity index (χ0) is 37.6. The number of hydrogen-bond acceptors (Lipinski definition) is 9. The first-order valence-electron chi connectivity index (χ1n) is 17.3. The van der Waals surface area contributed by atoms with Crippen LogP contribution in [0.1, 0.15) is 58.8 Å². The molecule has 0 unspecified atom stereocenters. The van der Waals surface area contributed by atoms with Crippen LogP contribution in [-0.4, -0.2) is 96.0 Å². The van der Waals surface area contributed by atoms with E-state index < -0.39 is 80.8 Å². The van der Waals surface area contributed by atoms with Crippen LogP contribution in [0.5, 0.6) is 11.6 Å². The maximum atomic E-state index is 14.3. The van der Waals surface area contributed by atoms with Crippen molar-refractivity contribution in [1.82, 2.24) is 25.2 Å². The van der Waals surface area contributed by atoms with Crippen LogP contribution in [0.15, 0.2) is 36.4 Å². The lowest BCUT2D eigenvalue weighted by Crippen LogP contribution is -2.59. The summed E-state index contributed by atoms with van der Waals surface area (Å²) in [5, 5.41) is 16.2. The number of nitrogens with zero attached hydrogens (tertiary/aromatic N) is 2. The van der Waals surface area contributed by atoms with Crippen LogP contribution in [0.4, 0.5) is 9.18 Å². The summed E-state index contributed by atoms with van der Waals surface area (Å²) in [6.07, 6.45) is 3.34. The summed E-state index contributed by atoms with van der Waals surface area (Å²) in [5.74, 6) is -2.62. The number of carbonyl (C=O) groups excluding carboxylic acids is 3. The van der Waals surface area contributed by atoms with E-state index in [1.54, 1.807) is 37.3 Å². The van der Waals surface area contributed by atoms with Crippen molar-refractivity contribution in [2.24, 2.45) is 17.8 Å². The Bertz CT molecular complexity index is 1910. The lowest BCUT2D eigenvalue weighted by atomic mass is 9.88. The van der Waals surface area contributed by atoms with Gasteiger partial charge in [0.15, 0.2) is 0 Å². The van der Waals surface area contributed by atoms with Gasteiger partial charge in [0.2, 0.25) is 27.7 Å². The molecule has 6 rings (SSSR count). The molecule has 17 heteroatoms. The van der Waals surface area contributed by atoms with Crippen LogP contribution >= 0.6 is 11.6 Å². The number of aromatic nitrogens is 1. The quantitative estimate of drug-likeness (QED) is 0.228. The number of carbonyl (C=O) groups is 4. The first-order valence-corrected chi connectivity index (χ1v) is 19.2. The molecule has 3 heterocycles. The van der Waals surface area contributed by atoms with Gasteiger partial charge >= 0.3 is 6.09 Å². The molecule has 0 spiro atoms. The minimum atomic E-state index is -4.39. The minimum Gasteiger partial charge on any atom is -0.497 e. The number of nitrogens with one attached hydrogen (secondary N) is 3. The molecule has 4 N–H and O–H groups in total. The smallest absolute Gasteiger partial charge is 0.405 e. The van der Waals surface area contributed by atoms with Gasteiger partial charge in [0.25, 0.3) is 5.91 Å². The number of pyridine rings is 1. The Morgan fingerprint density at radius 2 is 1.94 bits per heavy atom. The largest absolute Gasteiger partial charge is 0.497 e. The van der Waals surface area contributed by atoms with Gasteiger partial charge in [-0.1, -0.05) is 37.6 Å². The number of sulfonamides is 1. The molecule has 52 heavy (non-hydrogen) atoms. The molecule has 4 amide bonds. The monoisotopic (exact) mass is 763 g/mol. The van der Waals surface area contributed by atoms with Gasteiger partial charge < -0.3 is 30.1 Å². The van der Waals surface area contributed by atoms with Gasteiger partial charge in [-0.25, -0.2) is 22.6 Å². The first kappa shape index (κ1) is 37.6. The fourth-order valence-corrected chi connectivity index (χ4v) is 9.05. The SMILES string of the molecule is COc1ccc2c(O[C@@H]3C[C@H]4C(=O)N[C@]5(C(=O)NS(=O)(=O)C6(CF)CC6)C[C@H]5/C=C\CC[C@H](C)C[C@@H](C)[C@H](NC(=O)O)C(=O)N4C3)nc(Cl)cc2c1. The Hall–Kier alpha value is -4.18. The van der Waals surface area contributed by atoms with Gasteiger partial charge in [0, 0.05) is 17.7 Å². The van der Waals surface area contributed by atoms with Gasteiger partial charge in [-0.05, 0) is 80.0 Å². The van der Waals surface area contributed by atoms with E-state index in [9.17, 15) is 37.1 Å². The molecule has 2 saturated carbocycles. The molecule has 1 aromatic heterocycles. The van der Waals surface area contributed by atoms with Gasteiger partial charge in [0.05, 0.1) is 13.7 Å². The highest BCUT2D eigenvalue weighted by Gasteiger charge is 2.64. The van der Waals surface area contributed by atoms with E-state index in [1.165, 1.54) is 12.0 Å². The van der Waals surface area contributed by atoms with Crippen molar-refractivity contribution in [2.75, 3.05) is 20.3 Å². The lowest BCUT2D eigenvalue weighted by molar-refractivity contribution is -0.142. The van der Waals surface area contributed by atoms with Crippen molar-refractivity contribution in [1.29, 1.82) is 0 Å². The number of halogens is 2. The lowest BCUT2D eigenvalue weighted by Gasteiger charge is -2.32. The Labute approximate surface area is 305 Å². The van der Waals surface area contributed by atoms with E-state index >= 15 is 0 Å². The fraction of sp³-hybridized carbons (Fsp3) is 0.571. The molecule has 7 atom stereocenters. The Morgan fingerprint density at radius 3 is 2.62 bits per heavy atom. The Kier molecular flexibility index (Phi) is 10.4. The first-order chi connectivity index (χ1) is 24.6. The molecule has 14 nitrogen and oxygen atoms in total. The van der Waals surface area contributed by atoms with E-state index in [0.29, 0.717) is 35.8 Å². The van der Waals surface area contributed by atoms with Crippen LogP contribution in [-0.2, 0) is 24.4 Å². The summed E-state index contributed by atoms with van der Waals surface area (Å²) < 4.78 is 51.9. The summed E-state index contributed by atoms with van der Waals surface area (Å²) in [6, 6.07) is 4.38. The predicted molar refractivity (Wildman–Crippen MR) is 188 cm³/mol. The standard InChI is InChI=1S/C35H43ClFN5O9S/c1-19-6-4-5-7-22-16-35(22,32(45)41-52(48,49)34(18-37)10-11-34)40-29(43)26-15-24(17-42(26)31(44)28(20(2)12-19)39-33(46)47)51-30-25-9-8-23(50-3)13-21(25)14-27(36)38-30/h5,7-9,13-14,19-20,22,24,26,28,39H,4,6,10-12,15-18H2,1-3H3,(H,40,43)(H,41,45)(H,46,47)/b7-5-/t19-,20+,22+,24+,26-,28-,35+/m0/s1. The van der Waals surface area contributed by atoms with Crippen molar-refractivity contribution in [2.45, 2.75) is 87.3 Å². The summed E-state index contributed by atoms with van der Waals surface area (Å²) in [5.41, 5.74) is -1.68. The number of rotatable bonds is 8. The zero-order valence-corrected chi connectivity index (χ0v) is 30.6. The number of allylic oxidation sites excluding steroid dienone is 1. The number of ether oxygens (including phenoxy) is 2. The second-order valence-corrected chi connectivity index (χ2v) is 17.1. The van der Waals surface area contributed by atoms with Crippen LogP contribution in [0.2, 0.25) is 5.15 Å². The second kappa shape index (κ2) is 14.3. The maximum Gasteiger partial charge on any atom is 0.405 e. The van der Waals surface area contributed by atoms with E-state index in [1.807, 2.05) is 17.7 Å². The third-order valence-corrected chi connectivity index (χ3v) is 13.1. The van der Waals surface area contributed by atoms with E-state index in [0.717, 1.165) is 0 Å². The summed E-state index contributed by atoms with van der Waals surface area (Å²) in [4.78, 5) is 60.0. The highest BCUT2D eigenvalue weighted by molar-refractivity contribution is 7.91. The average molecular weight is 764 g/mol. The highest BCUT2D eigenvalue weighted by Crippen LogP contribution is 2.48. The van der Waals surface area contributed by atoms with E-state index in [4.69, 9.17) is 21.1 Å². The Balaban J connectivity index is 1.34. The van der Waals surface area contributed by atoms with Crippen molar-refractivity contribution in [3.8, 4) is 11.6 Å². The van der Waals surface area contributed by atoms with Gasteiger partial charge in [0.1, 0.15) is 46.1 Å². The molecule has 4 aliphatic rings. The van der Waals surface area contributed by atoms with E-state index in [2.05, 4.69) is 15.6 Å². The summed E-state index contributed by atoms with van der Waals surface area (Å²) in [6.45, 7) is 2.48. The molecule has 1 aromatic carbocycles. The maximum absolute atomic E-state index is 14.3. The molecule has 0 radical (unpaired) electrons. The Morgan fingerprint density at radius 1 is 1.19 bits per heavy atom. The zero-order valence-electron chi connectivity index (χ0n) is 29.1. The number of carboxylic acid groups (broad SMARTS) is 1. The third-order valence-electron chi connectivity index (χ3n) is 10.8. The van der Waals surface area contributed by atoms with E-state index in [-0.39, 0.29) is 49.2 Å². The molecular weight excluding hydrogens is 721 g/mol. The topological polar surface area (TPSA) is 193 Å². The van der Waals surface area contributed by atoms with Crippen LogP contribution in [0, 0.1) is 17.8 Å². The van der Waals surface area contributed by atoms with Gasteiger partial charge in [-0.2, -0.15) is 0 Å². The predicted octanol–water partition coefficient (Wildman–Crippen LogP) is 3.72. The number of methoxy groups -OCH3 is 1. The number of fused-ring (bicyclic) bond motifs is 3. The van der Waals surface area contributed by atoms with Gasteiger partial charge in [-0.3, -0.25) is 19.1 Å². The summed E-state index contributed by atoms with van der Waals surface area (Å²) >= 11 is 6.34. The molecule has 0 bridgehead atoms. The molecule has 3 fully saturated rings. The van der Waals surface area contributed by atoms with Gasteiger partial charge in [-0.15, -0.1) is 0 Å². The molecule has 2 aliphatic carbocycles. The minimum absolute atomic E-state index is 0.0712. The average Bonchev–Trinajstić information content (AvgIpc) is 3.99. The van der Waals surface area contributed by atoms with Crippen LogP contribution < -0.4 is 24.8 Å². The van der Waals surface area contributed by atoms with Crippen molar-refractivity contribution in [3.63, 3.8) is 0 Å². The molecule has 1 saturated heterocycles. The molecule has 282 valence electrons. The normalized spacial score (nSPS) is 30.8. The highest BCUT2D eigenvalue weighted by atomic mass is 35.5.